The molecule has 150 valence electrons. The van der Waals surface area contributed by atoms with Gasteiger partial charge in [0.25, 0.3) is 0 Å². The third-order valence-corrected chi connectivity index (χ3v) is 6.47. The van der Waals surface area contributed by atoms with E-state index in [1.807, 2.05) is 0 Å². The first-order valence-corrected chi connectivity index (χ1v) is 10.2. The molecule has 1 aromatic heterocycles. The molecule has 0 N–H and O–H groups in total. The molecule has 0 atom stereocenters. The van der Waals surface area contributed by atoms with E-state index in [4.69, 9.17) is 9.15 Å². The monoisotopic (exact) mass is 383 g/mol. The van der Waals surface area contributed by atoms with Crippen LogP contribution in [0.5, 0.6) is 0 Å². The van der Waals surface area contributed by atoms with Gasteiger partial charge in [0.15, 0.2) is 0 Å². The van der Waals surface area contributed by atoms with Crippen LogP contribution in [-0.4, -0.2) is 25.7 Å². The zero-order valence-electron chi connectivity index (χ0n) is 17.5. The molecule has 2 aliphatic rings. The van der Waals surface area contributed by atoms with Crippen LogP contribution in [0.15, 0.2) is 21.3 Å². The lowest BCUT2D eigenvalue weighted by atomic mass is 9.69. The molecule has 0 bridgehead atoms. The second-order valence-corrected chi connectivity index (χ2v) is 9.35. The smallest absolute Gasteiger partial charge is 0.336 e. The first-order valence-electron chi connectivity index (χ1n) is 10.2. The van der Waals surface area contributed by atoms with Crippen molar-refractivity contribution in [3.63, 3.8) is 0 Å². The van der Waals surface area contributed by atoms with Crippen LogP contribution in [0.25, 0.3) is 11.0 Å². The summed E-state index contributed by atoms with van der Waals surface area (Å²) in [5.41, 5.74) is 4.47. The summed E-state index contributed by atoms with van der Waals surface area (Å²) in [5, 5.41) is 0.867. The van der Waals surface area contributed by atoms with Crippen LogP contribution in [0.2, 0.25) is 0 Å². The number of hydrogen-bond donors (Lipinski definition) is 0. The summed E-state index contributed by atoms with van der Waals surface area (Å²) in [6.45, 7) is 13.1. The number of rotatable bonds is 3. The number of benzene rings is 1. The summed E-state index contributed by atoms with van der Waals surface area (Å²) >= 11 is 0. The molecule has 3 heterocycles. The molecule has 0 saturated carbocycles. The fraction of sp³-hybridized carbons (Fsp3) is 0.565. The Morgan fingerprint density at radius 2 is 1.82 bits per heavy atom. The molecule has 2 aromatic rings. The Morgan fingerprint density at radius 3 is 2.50 bits per heavy atom. The highest BCUT2D eigenvalue weighted by Crippen LogP contribution is 2.51. The molecule has 0 radical (unpaired) electrons. The summed E-state index contributed by atoms with van der Waals surface area (Å²) in [7, 11) is 0. The van der Waals surface area contributed by atoms with Gasteiger partial charge in [0, 0.05) is 35.8 Å². The van der Waals surface area contributed by atoms with Gasteiger partial charge >= 0.3 is 11.6 Å². The van der Waals surface area contributed by atoms with Crippen molar-refractivity contribution in [1.82, 2.24) is 0 Å². The maximum atomic E-state index is 12.4. The second kappa shape index (κ2) is 6.36. The van der Waals surface area contributed by atoms with E-state index in [0.717, 1.165) is 36.9 Å². The van der Waals surface area contributed by atoms with Gasteiger partial charge < -0.3 is 14.1 Å². The van der Waals surface area contributed by atoms with Crippen LogP contribution < -0.4 is 10.5 Å². The van der Waals surface area contributed by atoms with Crippen molar-refractivity contribution in [2.75, 3.05) is 24.6 Å². The van der Waals surface area contributed by atoms with E-state index in [-0.39, 0.29) is 23.2 Å². The fourth-order valence-corrected chi connectivity index (χ4v) is 4.76. The lowest BCUT2D eigenvalue weighted by molar-refractivity contribution is -0.142. The van der Waals surface area contributed by atoms with Crippen molar-refractivity contribution in [3.05, 3.63) is 39.2 Å². The highest BCUT2D eigenvalue weighted by molar-refractivity contribution is 5.94. The number of carbonyl (C=O) groups is 1. The van der Waals surface area contributed by atoms with Gasteiger partial charge in [-0.2, -0.15) is 0 Å². The normalized spacial score (nSPS) is 19.4. The molecule has 28 heavy (non-hydrogen) atoms. The lowest BCUT2D eigenvalue weighted by Crippen LogP contribution is -2.44. The number of hydrogen-bond acceptors (Lipinski definition) is 5. The van der Waals surface area contributed by atoms with Gasteiger partial charge in [0.05, 0.1) is 13.0 Å². The van der Waals surface area contributed by atoms with Gasteiger partial charge in [0.2, 0.25) is 0 Å². The van der Waals surface area contributed by atoms with Crippen LogP contribution in [0.1, 0.15) is 64.2 Å². The molecule has 1 aromatic carbocycles. The van der Waals surface area contributed by atoms with E-state index >= 15 is 0 Å². The molecule has 0 spiro atoms. The summed E-state index contributed by atoms with van der Waals surface area (Å²) in [6, 6.07) is 3.60. The maximum absolute atomic E-state index is 12.4. The van der Waals surface area contributed by atoms with Crippen LogP contribution in [0.4, 0.5) is 5.69 Å². The van der Waals surface area contributed by atoms with Gasteiger partial charge in [0.1, 0.15) is 5.58 Å². The van der Waals surface area contributed by atoms with Gasteiger partial charge in [-0.15, -0.1) is 0 Å². The molecular weight excluding hydrogens is 354 g/mol. The van der Waals surface area contributed by atoms with Gasteiger partial charge in [-0.05, 0) is 47.8 Å². The Hall–Kier alpha value is -2.30. The Morgan fingerprint density at radius 1 is 1.14 bits per heavy atom. The number of carbonyl (C=O) groups excluding carboxylic acids is 1. The number of anilines is 1. The van der Waals surface area contributed by atoms with Gasteiger partial charge in [-0.25, -0.2) is 4.79 Å². The first kappa shape index (κ1) is 19.0. The Kier molecular flexibility index (Phi) is 4.32. The van der Waals surface area contributed by atoms with Crippen molar-refractivity contribution < 1.29 is 13.9 Å². The van der Waals surface area contributed by atoms with Crippen molar-refractivity contribution in [2.45, 2.75) is 64.7 Å². The van der Waals surface area contributed by atoms with Crippen LogP contribution in [-0.2, 0) is 26.8 Å². The Bertz CT molecular complexity index is 1010. The molecule has 0 fully saturated rings. The summed E-state index contributed by atoms with van der Waals surface area (Å²) in [4.78, 5) is 27.0. The average Bonchev–Trinajstić information content (AvgIpc) is 2.59. The Balaban J connectivity index is 2.07. The molecule has 5 nitrogen and oxygen atoms in total. The predicted molar refractivity (Wildman–Crippen MR) is 110 cm³/mol. The lowest BCUT2D eigenvalue weighted by Gasteiger charge is -2.48. The third-order valence-electron chi connectivity index (χ3n) is 6.47. The molecule has 5 heteroatoms. The Labute approximate surface area is 165 Å². The van der Waals surface area contributed by atoms with E-state index < -0.39 is 5.63 Å². The third kappa shape index (κ3) is 2.92. The standard InChI is InChI=1S/C23H29NO4/c1-6-27-17(25)11-14-12-18(26)28-21-15(14)13-16-20-19(21)23(4,5)8-10-24(20)9-7-22(16,2)3/h12-13H,6-11H2,1-5H3. The van der Waals surface area contributed by atoms with Crippen molar-refractivity contribution in [2.24, 2.45) is 0 Å². The first-order chi connectivity index (χ1) is 13.1. The average molecular weight is 383 g/mol. The molecular formula is C23H29NO4. The fourth-order valence-electron chi connectivity index (χ4n) is 4.76. The number of esters is 1. The van der Waals surface area contributed by atoms with Crippen molar-refractivity contribution in [1.29, 1.82) is 0 Å². The van der Waals surface area contributed by atoms with E-state index in [1.54, 1.807) is 6.92 Å². The minimum atomic E-state index is -0.411. The minimum Gasteiger partial charge on any atom is -0.466 e. The SMILES string of the molecule is CCOC(=O)Cc1cc(=O)oc2c3c4c(cc12)C(C)(C)CCN4CCC3(C)C. The summed E-state index contributed by atoms with van der Waals surface area (Å²) in [5.74, 6) is -0.319. The number of nitrogens with zero attached hydrogens (tertiary/aromatic N) is 1. The van der Waals surface area contributed by atoms with E-state index in [2.05, 4.69) is 38.7 Å². The van der Waals surface area contributed by atoms with Crippen LogP contribution in [0.3, 0.4) is 0 Å². The van der Waals surface area contributed by atoms with E-state index in [1.165, 1.54) is 17.3 Å². The number of fused-ring (bicyclic) bond motifs is 2. The van der Waals surface area contributed by atoms with Gasteiger partial charge in [-0.1, -0.05) is 27.7 Å². The van der Waals surface area contributed by atoms with E-state index in [9.17, 15) is 9.59 Å². The van der Waals surface area contributed by atoms with Crippen LogP contribution in [0, 0.1) is 0 Å². The highest BCUT2D eigenvalue weighted by Gasteiger charge is 2.42. The zero-order valence-corrected chi connectivity index (χ0v) is 17.5. The largest absolute Gasteiger partial charge is 0.466 e. The molecule has 0 aliphatic carbocycles. The minimum absolute atomic E-state index is 0.0273. The molecule has 0 unspecified atom stereocenters. The summed E-state index contributed by atoms with van der Waals surface area (Å²) in [6.07, 6.45) is 2.17. The summed E-state index contributed by atoms with van der Waals surface area (Å²) < 4.78 is 10.9. The van der Waals surface area contributed by atoms with Gasteiger partial charge in [-0.3, -0.25) is 4.79 Å². The molecule has 0 amide bonds. The zero-order chi connectivity index (χ0) is 20.3. The van der Waals surface area contributed by atoms with Crippen molar-refractivity contribution in [3.8, 4) is 0 Å². The quantitative estimate of drug-likeness (QED) is 0.591. The molecule has 0 saturated heterocycles. The topological polar surface area (TPSA) is 59.8 Å². The van der Waals surface area contributed by atoms with E-state index in [0.29, 0.717) is 17.8 Å². The number of ether oxygens (including phenoxy) is 1. The molecule has 2 aliphatic heterocycles. The second-order valence-electron chi connectivity index (χ2n) is 9.35. The van der Waals surface area contributed by atoms with Crippen LogP contribution >= 0.6 is 0 Å². The van der Waals surface area contributed by atoms with Crippen molar-refractivity contribution >= 4 is 22.6 Å². The predicted octanol–water partition coefficient (Wildman–Crippen LogP) is 4.07. The maximum Gasteiger partial charge on any atom is 0.336 e. The highest BCUT2D eigenvalue weighted by atomic mass is 16.5. The molecule has 4 rings (SSSR count).